The second-order valence-corrected chi connectivity index (χ2v) is 5.63. The van der Waals surface area contributed by atoms with E-state index in [0.29, 0.717) is 0 Å². The Kier molecular flexibility index (Phi) is 4.04. The van der Waals surface area contributed by atoms with E-state index in [4.69, 9.17) is 23.2 Å². The summed E-state index contributed by atoms with van der Waals surface area (Å²) in [6, 6.07) is 6.68. The van der Waals surface area contributed by atoms with E-state index in [9.17, 15) is 19.8 Å². The summed E-state index contributed by atoms with van der Waals surface area (Å²) in [5.74, 6) is -0.951. The zero-order valence-corrected chi connectivity index (χ0v) is 13.3. The molecule has 2 aromatic carbocycles. The van der Waals surface area contributed by atoms with Gasteiger partial charge in [0.05, 0.1) is 15.4 Å². The topological polar surface area (TPSA) is 104 Å². The molecule has 1 aromatic heterocycles. The fourth-order valence-electron chi connectivity index (χ4n) is 2.08. The van der Waals surface area contributed by atoms with Crippen LogP contribution in [0.1, 0.15) is 10.4 Å². The van der Waals surface area contributed by atoms with Crippen molar-refractivity contribution in [3.05, 3.63) is 62.6 Å². The van der Waals surface area contributed by atoms with Gasteiger partial charge >= 0.3 is 0 Å². The molecule has 0 aliphatic rings. The summed E-state index contributed by atoms with van der Waals surface area (Å²) >= 11 is 11.8. The molecule has 3 rings (SSSR count). The highest BCUT2D eigenvalue weighted by atomic mass is 35.5. The Morgan fingerprint density at radius 3 is 2.46 bits per heavy atom. The van der Waals surface area contributed by atoms with Crippen molar-refractivity contribution in [1.29, 1.82) is 0 Å². The van der Waals surface area contributed by atoms with E-state index in [1.807, 2.05) is 0 Å². The van der Waals surface area contributed by atoms with Gasteiger partial charge in [0.1, 0.15) is 17.6 Å². The minimum absolute atomic E-state index is 0.00136. The molecule has 3 N–H and O–H groups in total. The summed E-state index contributed by atoms with van der Waals surface area (Å²) in [4.78, 5) is 28.5. The van der Waals surface area contributed by atoms with Crippen molar-refractivity contribution in [3.8, 4) is 11.5 Å². The Balaban J connectivity index is 2.05. The molecular formula is C15H9Cl2N3O4. The maximum Gasteiger partial charge on any atom is 0.281 e. The molecule has 0 bridgehead atoms. The van der Waals surface area contributed by atoms with E-state index in [-0.39, 0.29) is 38.0 Å². The maximum atomic E-state index is 12.5. The Bertz CT molecular complexity index is 1020. The molecule has 0 radical (unpaired) electrons. The van der Waals surface area contributed by atoms with Crippen molar-refractivity contribution < 1.29 is 15.0 Å². The van der Waals surface area contributed by atoms with Crippen molar-refractivity contribution in [2.45, 2.75) is 0 Å². The number of nitrogens with one attached hydrogen (secondary N) is 1. The van der Waals surface area contributed by atoms with Crippen LogP contribution in [0.4, 0.5) is 0 Å². The molecule has 24 heavy (non-hydrogen) atoms. The number of phenols is 2. The number of benzene rings is 2. The van der Waals surface area contributed by atoms with E-state index in [2.05, 4.69) is 10.4 Å². The minimum Gasteiger partial charge on any atom is -0.508 e. The predicted octanol–water partition coefficient (Wildman–Crippen LogP) is 2.50. The van der Waals surface area contributed by atoms with Gasteiger partial charge in [-0.3, -0.25) is 15.0 Å². The van der Waals surface area contributed by atoms with E-state index < -0.39 is 11.5 Å². The Morgan fingerprint density at radius 2 is 1.79 bits per heavy atom. The van der Waals surface area contributed by atoms with Crippen LogP contribution in [0.3, 0.4) is 0 Å². The lowest BCUT2D eigenvalue weighted by atomic mass is 10.2. The fraction of sp³-hybridized carbons (Fsp3) is 0. The Morgan fingerprint density at radius 1 is 1.12 bits per heavy atom. The second kappa shape index (κ2) is 6.03. The number of carbonyl (C=O) groups excluding carboxylic acids is 1. The molecule has 0 saturated carbocycles. The molecule has 9 heteroatoms. The summed E-state index contributed by atoms with van der Waals surface area (Å²) in [6.45, 7) is 0. The van der Waals surface area contributed by atoms with Gasteiger partial charge in [-0.15, -0.1) is 0 Å². The normalized spacial score (nSPS) is 10.8. The van der Waals surface area contributed by atoms with Gasteiger partial charge in [0.15, 0.2) is 5.75 Å². The highest BCUT2D eigenvalue weighted by molar-refractivity contribution is 6.39. The molecule has 0 aliphatic carbocycles. The SMILES string of the molecule is O=C(Nn1cnc2c(O)c(Cl)cc(Cl)c2c1=O)c1ccc(O)cc1. The third-order valence-electron chi connectivity index (χ3n) is 3.27. The lowest BCUT2D eigenvalue weighted by molar-refractivity contribution is 0.101. The van der Waals surface area contributed by atoms with Crippen LogP contribution in [-0.4, -0.2) is 25.8 Å². The number of hydrogen-bond donors (Lipinski definition) is 3. The molecule has 0 unspecified atom stereocenters. The Hall–Kier alpha value is -2.77. The molecular weight excluding hydrogens is 357 g/mol. The van der Waals surface area contributed by atoms with Crippen LogP contribution in [0, 0.1) is 0 Å². The van der Waals surface area contributed by atoms with Crippen molar-refractivity contribution in [1.82, 2.24) is 9.66 Å². The molecule has 122 valence electrons. The highest BCUT2D eigenvalue weighted by Crippen LogP contribution is 2.34. The zero-order valence-electron chi connectivity index (χ0n) is 11.8. The number of amides is 1. The first-order valence-corrected chi connectivity index (χ1v) is 7.33. The lowest BCUT2D eigenvalue weighted by Gasteiger charge is -2.10. The molecule has 7 nitrogen and oxygen atoms in total. The van der Waals surface area contributed by atoms with Gasteiger partial charge in [-0.25, -0.2) is 9.66 Å². The van der Waals surface area contributed by atoms with Crippen molar-refractivity contribution in [3.63, 3.8) is 0 Å². The van der Waals surface area contributed by atoms with E-state index >= 15 is 0 Å². The lowest BCUT2D eigenvalue weighted by Crippen LogP contribution is -2.33. The van der Waals surface area contributed by atoms with Gasteiger partial charge in [-0.2, -0.15) is 0 Å². The van der Waals surface area contributed by atoms with Crippen LogP contribution in [0.15, 0.2) is 41.5 Å². The largest absolute Gasteiger partial charge is 0.508 e. The molecule has 1 heterocycles. The van der Waals surface area contributed by atoms with Crippen molar-refractivity contribution >= 4 is 40.0 Å². The first-order chi connectivity index (χ1) is 11.4. The third kappa shape index (κ3) is 2.75. The third-order valence-corrected chi connectivity index (χ3v) is 3.85. The van der Waals surface area contributed by atoms with Gasteiger partial charge in [0.25, 0.3) is 11.5 Å². The van der Waals surface area contributed by atoms with Crippen molar-refractivity contribution in [2.75, 3.05) is 5.43 Å². The summed E-state index contributed by atoms with van der Waals surface area (Å²) in [5.41, 5.74) is 1.83. The molecule has 3 aromatic rings. The number of nitrogens with zero attached hydrogens (tertiary/aromatic N) is 2. The second-order valence-electron chi connectivity index (χ2n) is 4.82. The molecule has 0 saturated heterocycles. The molecule has 0 atom stereocenters. The van der Waals surface area contributed by atoms with Crippen molar-refractivity contribution in [2.24, 2.45) is 0 Å². The quantitative estimate of drug-likeness (QED) is 0.647. The van der Waals surface area contributed by atoms with Gasteiger partial charge < -0.3 is 10.2 Å². The molecule has 1 amide bonds. The average Bonchev–Trinajstić information content (AvgIpc) is 2.55. The number of rotatable bonds is 2. The molecule has 0 aliphatic heterocycles. The van der Waals surface area contributed by atoms with E-state index in [0.717, 1.165) is 11.0 Å². The molecule has 0 spiro atoms. The highest BCUT2D eigenvalue weighted by Gasteiger charge is 2.16. The fourth-order valence-corrected chi connectivity index (χ4v) is 2.61. The number of fused-ring (bicyclic) bond motifs is 1. The maximum absolute atomic E-state index is 12.5. The Labute approximate surface area is 144 Å². The minimum atomic E-state index is -0.677. The summed E-state index contributed by atoms with van der Waals surface area (Å²) in [6.07, 6.45) is 1.04. The van der Waals surface area contributed by atoms with Crippen LogP contribution in [0.25, 0.3) is 10.9 Å². The smallest absolute Gasteiger partial charge is 0.281 e. The molecule has 0 fully saturated rings. The van der Waals surface area contributed by atoms with Crippen LogP contribution < -0.4 is 11.0 Å². The number of halogens is 2. The van der Waals surface area contributed by atoms with Gasteiger partial charge in [-0.1, -0.05) is 23.2 Å². The number of aromatic nitrogens is 2. The summed E-state index contributed by atoms with van der Waals surface area (Å²) in [7, 11) is 0. The van der Waals surface area contributed by atoms with E-state index in [1.165, 1.54) is 30.3 Å². The van der Waals surface area contributed by atoms with Gasteiger partial charge in [0.2, 0.25) is 0 Å². The number of phenolic OH excluding ortho intramolecular Hbond substituents is 2. The summed E-state index contributed by atoms with van der Waals surface area (Å²) < 4.78 is 0.844. The average molecular weight is 366 g/mol. The predicted molar refractivity (Wildman–Crippen MR) is 89.5 cm³/mol. The van der Waals surface area contributed by atoms with Gasteiger partial charge in [-0.05, 0) is 30.3 Å². The van der Waals surface area contributed by atoms with Crippen LogP contribution in [0.5, 0.6) is 11.5 Å². The van der Waals surface area contributed by atoms with Gasteiger partial charge in [0, 0.05) is 5.56 Å². The standard InChI is InChI=1S/C15H9Cl2N3O4/c16-9-5-10(17)13(22)12-11(9)15(24)20(6-18-12)19-14(23)7-1-3-8(21)4-2-7/h1-6,21-22H,(H,19,23). The van der Waals surface area contributed by atoms with Crippen LogP contribution in [-0.2, 0) is 0 Å². The van der Waals surface area contributed by atoms with Crippen LogP contribution >= 0.6 is 23.2 Å². The number of aromatic hydroxyl groups is 2. The first-order valence-electron chi connectivity index (χ1n) is 6.57. The summed E-state index contributed by atoms with van der Waals surface area (Å²) in [5, 5.41) is 19.0. The first kappa shape index (κ1) is 16.1. The van der Waals surface area contributed by atoms with Crippen LogP contribution in [0.2, 0.25) is 10.0 Å². The zero-order chi connectivity index (χ0) is 17.4. The number of hydrogen-bond acceptors (Lipinski definition) is 5. The number of carbonyl (C=O) groups is 1. The van der Waals surface area contributed by atoms with E-state index in [1.54, 1.807) is 0 Å². The monoisotopic (exact) mass is 365 g/mol.